The van der Waals surface area contributed by atoms with Gasteiger partial charge < -0.3 is 4.74 Å². The topological polar surface area (TPSA) is 78.2 Å². The average Bonchev–Trinajstić information content (AvgIpc) is 2.34. The van der Waals surface area contributed by atoms with Gasteiger partial charge in [0.1, 0.15) is 0 Å². The third-order valence-corrected chi connectivity index (χ3v) is 2.40. The highest BCUT2D eigenvalue weighted by molar-refractivity contribution is 6.29. The third kappa shape index (κ3) is 2.54. The van der Waals surface area contributed by atoms with Gasteiger partial charge in [0.25, 0.3) is 0 Å². The summed E-state index contributed by atoms with van der Waals surface area (Å²) in [5, 5.41) is 18.4. The maximum atomic E-state index is 10.9. The van der Waals surface area contributed by atoms with E-state index in [-0.39, 0.29) is 22.5 Å². The Morgan fingerprint density at radius 1 is 1.28 bits per heavy atom. The van der Waals surface area contributed by atoms with E-state index in [1.54, 1.807) is 19.1 Å². The van der Waals surface area contributed by atoms with Gasteiger partial charge in [-0.3, -0.25) is 10.1 Å². The summed E-state index contributed by atoms with van der Waals surface area (Å²) in [4.78, 5) is 10.4. The summed E-state index contributed by atoms with van der Waals surface area (Å²) in [7, 11) is 0. The molecule has 0 aliphatic carbocycles. The van der Waals surface area contributed by atoms with Gasteiger partial charge in [0.2, 0.25) is 11.6 Å². The second-order valence-electron chi connectivity index (χ2n) is 3.48. The molecule has 0 amide bonds. The van der Waals surface area contributed by atoms with Crippen molar-refractivity contribution in [3.63, 3.8) is 0 Å². The Morgan fingerprint density at radius 3 is 2.67 bits per heavy atom. The second-order valence-corrected chi connectivity index (χ2v) is 3.86. The van der Waals surface area contributed by atoms with E-state index in [1.165, 1.54) is 18.2 Å². The van der Waals surface area contributed by atoms with Crippen molar-refractivity contribution in [2.24, 2.45) is 0 Å². The molecule has 0 fully saturated rings. The van der Waals surface area contributed by atoms with E-state index in [9.17, 15) is 10.1 Å². The van der Waals surface area contributed by atoms with E-state index in [1.807, 2.05) is 0 Å². The summed E-state index contributed by atoms with van der Waals surface area (Å²) in [6.07, 6.45) is 0. The quantitative estimate of drug-likeness (QED) is 0.629. The second kappa shape index (κ2) is 4.97. The van der Waals surface area contributed by atoms with E-state index >= 15 is 0 Å². The molecule has 0 saturated heterocycles. The molecule has 18 heavy (non-hydrogen) atoms. The normalized spacial score (nSPS) is 10.1. The minimum atomic E-state index is -0.508. The van der Waals surface area contributed by atoms with E-state index in [0.717, 1.165) is 0 Å². The lowest BCUT2D eigenvalue weighted by atomic mass is 10.2. The molecule has 2 aromatic rings. The molecule has 0 aliphatic heterocycles. The fourth-order valence-corrected chi connectivity index (χ4v) is 1.48. The Bertz CT molecular complexity index is 587. The molecule has 0 saturated carbocycles. The number of aryl methyl sites for hydroxylation is 1. The molecule has 7 heteroatoms. The minimum absolute atomic E-state index is 0.119. The number of rotatable bonds is 3. The van der Waals surface area contributed by atoms with Crippen molar-refractivity contribution in [1.82, 2.24) is 10.2 Å². The lowest BCUT2D eigenvalue weighted by Crippen LogP contribution is -1.97. The van der Waals surface area contributed by atoms with Crippen LogP contribution in [0.2, 0.25) is 5.15 Å². The minimum Gasteiger partial charge on any atom is -0.430 e. The Kier molecular flexibility index (Phi) is 3.38. The number of nitro benzene ring substituents is 1. The van der Waals surface area contributed by atoms with Crippen molar-refractivity contribution in [2.45, 2.75) is 6.92 Å². The highest BCUT2D eigenvalue weighted by atomic mass is 35.5. The van der Waals surface area contributed by atoms with Crippen molar-refractivity contribution in [1.29, 1.82) is 0 Å². The predicted molar refractivity (Wildman–Crippen MR) is 64.9 cm³/mol. The first-order valence-corrected chi connectivity index (χ1v) is 5.37. The van der Waals surface area contributed by atoms with Gasteiger partial charge >= 0.3 is 5.69 Å². The fourth-order valence-electron chi connectivity index (χ4n) is 1.38. The molecule has 0 N–H and O–H groups in total. The van der Waals surface area contributed by atoms with Crippen LogP contribution in [-0.4, -0.2) is 15.1 Å². The first kappa shape index (κ1) is 12.3. The molecular formula is C11H8ClN3O3. The molecule has 1 aromatic heterocycles. The SMILES string of the molecule is Cc1cccc([N+](=O)[O-])c1Oc1ccc(Cl)nn1. The summed E-state index contributed by atoms with van der Waals surface area (Å²) in [5.74, 6) is 0.302. The summed E-state index contributed by atoms with van der Waals surface area (Å²) in [5.41, 5.74) is 0.521. The average molecular weight is 266 g/mol. The Balaban J connectivity index is 2.39. The van der Waals surface area contributed by atoms with Crippen molar-refractivity contribution in [3.8, 4) is 11.6 Å². The Hall–Kier alpha value is -2.21. The predicted octanol–water partition coefficient (Wildman–Crippen LogP) is 3.14. The van der Waals surface area contributed by atoms with Crippen molar-refractivity contribution in [3.05, 3.63) is 51.2 Å². The number of halogens is 1. The third-order valence-electron chi connectivity index (χ3n) is 2.20. The van der Waals surface area contributed by atoms with Crippen LogP contribution in [0, 0.1) is 17.0 Å². The number of ether oxygens (including phenoxy) is 1. The molecule has 0 spiro atoms. The molecule has 2 rings (SSSR count). The van der Waals surface area contributed by atoms with E-state index in [0.29, 0.717) is 5.56 Å². The molecule has 92 valence electrons. The zero-order valence-corrected chi connectivity index (χ0v) is 10.1. The smallest absolute Gasteiger partial charge is 0.311 e. The van der Waals surface area contributed by atoms with Crippen LogP contribution in [0.4, 0.5) is 5.69 Å². The lowest BCUT2D eigenvalue weighted by Gasteiger charge is -2.07. The number of nitrogens with zero attached hydrogens (tertiary/aromatic N) is 3. The van der Waals surface area contributed by atoms with E-state index in [4.69, 9.17) is 16.3 Å². The Labute approximate surface area is 107 Å². The maximum Gasteiger partial charge on any atom is 0.311 e. The van der Waals surface area contributed by atoms with Crippen LogP contribution in [0.1, 0.15) is 5.56 Å². The molecule has 6 nitrogen and oxygen atoms in total. The van der Waals surface area contributed by atoms with E-state index in [2.05, 4.69) is 10.2 Å². The van der Waals surface area contributed by atoms with Crippen LogP contribution in [0.15, 0.2) is 30.3 Å². The monoisotopic (exact) mass is 265 g/mol. The van der Waals surface area contributed by atoms with Crippen LogP contribution in [0.3, 0.4) is 0 Å². The van der Waals surface area contributed by atoms with Crippen molar-refractivity contribution < 1.29 is 9.66 Å². The number of nitro groups is 1. The van der Waals surface area contributed by atoms with Crippen molar-refractivity contribution >= 4 is 17.3 Å². The number of hydrogen-bond donors (Lipinski definition) is 0. The Morgan fingerprint density at radius 2 is 2.06 bits per heavy atom. The highest BCUT2D eigenvalue weighted by Gasteiger charge is 2.18. The number of benzene rings is 1. The van der Waals surface area contributed by atoms with Gasteiger partial charge in [-0.15, -0.1) is 10.2 Å². The van der Waals surface area contributed by atoms with Gasteiger partial charge in [-0.2, -0.15) is 0 Å². The van der Waals surface area contributed by atoms with Gasteiger partial charge in [0, 0.05) is 12.1 Å². The van der Waals surface area contributed by atoms with Gasteiger partial charge in [0.05, 0.1) is 4.92 Å². The molecule has 0 radical (unpaired) electrons. The molecule has 0 bridgehead atoms. The van der Waals surface area contributed by atoms with Gasteiger partial charge in [-0.1, -0.05) is 23.7 Å². The van der Waals surface area contributed by atoms with Gasteiger partial charge in [-0.25, -0.2) is 0 Å². The molecule has 1 aromatic carbocycles. The largest absolute Gasteiger partial charge is 0.430 e. The highest BCUT2D eigenvalue weighted by Crippen LogP contribution is 2.33. The molecule has 0 aliphatic rings. The molecular weight excluding hydrogens is 258 g/mol. The molecule has 0 unspecified atom stereocenters. The van der Waals surface area contributed by atoms with Crippen LogP contribution in [0.5, 0.6) is 11.6 Å². The molecule has 0 atom stereocenters. The zero-order valence-electron chi connectivity index (χ0n) is 9.33. The number of hydrogen-bond acceptors (Lipinski definition) is 5. The fraction of sp³-hybridized carbons (Fsp3) is 0.0909. The summed E-state index contributed by atoms with van der Waals surface area (Å²) in [6.45, 7) is 1.71. The van der Waals surface area contributed by atoms with Crippen LogP contribution < -0.4 is 4.74 Å². The zero-order chi connectivity index (χ0) is 13.1. The van der Waals surface area contributed by atoms with Gasteiger partial charge in [-0.05, 0) is 18.6 Å². The van der Waals surface area contributed by atoms with Crippen LogP contribution in [0.25, 0.3) is 0 Å². The summed E-state index contributed by atoms with van der Waals surface area (Å²) >= 11 is 5.59. The van der Waals surface area contributed by atoms with Crippen LogP contribution in [-0.2, 0) is 0 Å². The van der Waals surface area contributed by atoms with Gasteiger partial charge in [0.15, 0.2) is 5.15 Å². The first-order valence-electron chi connectivity index (χ1n) is 4.99. The van der Waals surface area contributed by atoms with Crippen molar-refractivity contribution in [2.75, 3.05) is 0 Å². The number of para-hydroxylation sites is 1. The summed E-state index contributed by atoms with van der Waals surface area (Å²) in [6, 6.07) is 7.66. The van der Waals surface area contributed by atoms with E-state index < -0.39 is 4.92 Å². The maximum absolute atomic E-state index is 10.9. The standard InChI is InChI=1S/C11H8ClN3O3/c1-7-3-2-4-8(15(16)17)11(7)18-10-6-5-9(12)13-14-10/h2-6H,1H3. The number of aromatic nitrogens is 2. The summed E-state index contributed by atoms with van der Waals surface area (Å²) < 4.78 is 5.38. The molecule has 1 heterocycles. The lowest BCUT2D eigenvalue weighted by molar-refractivity contribution is -0.385. The first-order chi connectivity index (χ1) is 8.58. The van der Waals surface area contributed by atoms with Crippen LogP contribution >= 0.6 is 11.6 Å².